The quantitative estimate of drug-likeness (QED) is 0.613. The molecule has 0 heterocycles. The molecule has 0 saturated heterocycles. The van der Waals surface area contributed by atoms with Crippen LogP contribution in [0, 0.1) is 13.8 Å². The Labute approximate surface area is 123 Å². The second kappa shape index (κ2) is 6.83. The molecule has 3 nitrogen and oxygen atoms in total. The van der Waals surface area contributed by atoms with E-state index in [1.807, 2.05) is 25.8 Å². The van der Waals surface area contributed by atoms with Crippen molar-refractivity contribution in [3.05, 3.63) is 23.3 Å². The molecular formula is C15H21F3N2O. The zero-order valence-electron chi connectivity index (χ0n) is 13.0. The fourth-order valence-corrected chi connectivity index (χ4v) is 1.70. The summed E-state index contributed by atoms with van der Waals surface area (Å²) in [5.74, 6) is 1.09. The molecule has 0 fully saturated rings. The lowest BCUT2D eigenvalue weighted by molar-refractivity contribution is -0.153. The van der Waals surface area contributed by atoms with E-state index >= 15 is 0 Å². The van der Waals surface area contributed by atoms with Crippen molar-refractivity contribution in [3.63, 3.8) is 0 Å². The number of nitrogens with zero attached hydrogens (tertiary/aromatic N) is 2. The molecular weight excluding hydrogens is 281 g/mol. The number of aryl methyl sites for hydroxylation is 2. The van der Waals surface area contributed by atoms with Crippen molar-refractivity contribution < 1.29 is 17.9 Å². The molecule has 0 bridgehead atoms. The van der Waals surface area contributed by atoms with Crippen LogP contribution in [0.15, 0.2) is 17.1 Å². The van der Waals surface area contributed by atoms with Crippen LogP contribution >= 0.6 is 0 Å². The van der Waals surface area contributed by atoms with Crippen LogP contribution in [0.5, 0.6) is 5.75 Å². The van der Waals surface area contributed by atoms with Gasteiger partial charge in [0.25, 0.3) is 0 Å². The number of aliphatic imine (C=N–C) groups is 1. The van der Waals surface area contributed by atoms with E-state index in [0.717, 1.165) is 23.6 Å². The Kier molecular flexibility index (Phi) is 5.63. The molecule has 0 radical (unpaired) electrons. The Morgan fingerprint density at radius 1 is 1.24 bits per heavy atom. The third kappa shape index (κ3) is 5.28. The van der Waals surface area contributed by atoms with Crippen molar-refractivity contribution >= 4 is 11.5 Å². The minimum Gasteiger partial charge on any atom is -0.484 e. The Morgan fingerprint density at radius 2 is 1.86 bits per heavy atom. The molecule has 118 valence electrons. The van der Waals surface area contributed by atoms with E-state index in [0.29, 0.717) is 5.56 Å². The van der Waals surface area contributed by atoms with E-state index < -0.39 is 12.8 Å². The fourth-order valence-electron chi connectivity index (χ4n) is 1.70. The molecule has 0 aliphatic heterocycles. The van der Waals surface area contributed by atoms with E-state index in [-0.39, 0.29) is 5.75 Å². The molecule has 0 aromatic heterocycles. The number of rotatable bonds is 4. The van der Waals surface area contributed by atoms with Gasteiger partial charge >= 0.3 is 6.18 Å². The number of amidine groups is 1. The van der Waals surface area contributed by atoms with E-state index in [4.69, 9.17) is 4.74 Å². The van der Waals surface area contributed by atoms with Gasteiger partial charge in [0, 0.05) is 13.6 Å². The minimum absolute atomic E-state index is 0.241. The molecule has 0 aliphatic carbocycles. The number of halogens is 3. The number of hydrogen-bond acceptors (Lipinski definition) is 2. The highest BCUT2D eigenvalue weighted by molar-refractivity contribution is 5.82. The maximum Gasteiger partial charge on any atom is 0.422 e. The summed E-state index contributed by atoms with van der Waals surface area (Å²) in [6.45, 7) is 6.98. The van der Waals surface area contributed by atoms with E-state index in [1.54, 1.807) is 26.0 Å². The van der Waals surface area contributed by atoms with E-state index in [2.05, 4.69) is 4.99 Å². The molecule has 1 rings (SSSR count). The summed E-state index contributed by atoms with van der Waals surface area (Å²) in [5, 5.41) is 0. The van der Waals surface area contributed by atoms with Gasteiger partial charge in [0.05, 0.1) is 5.69 Å². The van der Waals surface area contributed by atoms with Gasteiger partial charge in [-0.05, 0) is 51.0 Å². The molecule has 6 heteroatoms. The Balaban J connectivity index is 3.00. The lowest BCUT2D eigenvalue weighted by Gasteiger charge is -2.17. The van der Waals surface area contributed by atoms with Gasteiger partial charge in [-0.15, -0.1) is 0 Å². The molecule has 0 aliphatic rings. The lowest BCUT2D eigenvalue weighted by Crippen LogP contribution is -2.23. The zero-order valence-corrected chi connectivity index (χ0v) is 13.0. The van der Waals surface area contributed by atoms with Crippen molar-refractivity contribution in [2.24, 2.45) is 4.99 Å². The van der Waals surface area contributed by atoms with Gasteiger partial charge in [-0.25, -0.2) is 4.99 Å². The van der Waals surface area contributed by atoms with Crippen molar-refractivity contribution in [2.45, 2.75) is 33.9 Å². The number of hydrogen-bond donors (Lipinski definition) is 0. The van der Waals surface area contributed by atoms with Gasteiger partial charge in [-0.1, -0.05) is 0 Å². The highest BCUT2D eigenvalue weighted by Crippen LogP contribution is 2.29. The van der Waals surface area contributed by atoms with Crippen LogP contribution in [0.2, 0.25) is 0 Å². The van der Waals surface area contributed by atoms with Crippen LogP contribution in [-0.4, -0.2) is 37.1 Å². The summed E-state index contributed by atoms with van der Waals surface area (Å²) in [5.41, 5.74) is 2.15. The molecule has 21 heavy (non-hydrogen) atoms. The standard InChI is InChI=1S/C15H21F3N2O/c1-6-20(5)12(4)19-13-7-11(3)14(8-10(13)2)21-9-15(16,17)18/h7-8H,6,9H2,1-5H3. The van der Waals surface area contributed by atoms with Gasteiger partial charge in [-0.3, -0.25) is 0 Å². The summed E-state index contributed by atoms with van der Waals surface area (Å²) < 4.78 is 41.4. The molecule has 0 N–H and O–H groups in total. The van der Waals surface area contributed by atoms with Crippen molar-refractivity contribution in [1.29, 1.82) is 0 Å². The normalized spacial score (nSPS) is 12.5. The highest BCUT2D eigenvalue weighted by atomic mass is 19.4. The Hall–Kier alpha value is -1.72. The number of ether oxygens (including phenoxy) is 1. The van der Waals surface area contributed by atoms with E-state index in [9.17, 15) is 13.2 Å². The van der Waals surface area contributed by atoms with Crippen LogP contribution in [0.4, 0.5) is 18.9 Å². The average Bonchev–Trinajstić information content (AvgIpc) is 2.38. The Morgan fingerprint density at radius 3 is 2.38 bits per heavy atom. The molecule has 0 saturated carbocycles. The van der Waals surface area contributed by atoms with Crippen molar-refractivity contribution in [1.82, 2.24) is 4.90 Å². The van der Waals surface area contributed by atoms with Crippen molar-refractivity contribution in [2.75, 3.05) is 20.2 Å². The van der Waals surface area contributed by atoms with Crippen LogP contribution in [0.25, 0.3) is 0 Å². The summed E-state index contributed by atoms with van der Waals surface area (Å²) in [7, 11) is 1.93. The largest absolute Gasteiger partial charge is 0.484 e. The molecule has 0 unspecified atom stereocenters. The maximum absolute atomic E-state index is 12.2. The second-order valence-electron chi connectivity index (χ2n) is 4.98. The second-order valence-corrected chi connectivity index (χ2v) is 4.98. The summed E-state index contributed by atoms with van der Waals surface area (Å²) in [6.07, 6.45) is -4.34. The number of alkyl halides is 3. The smallest absolute Gasteiger partial charge is 0.422 e. The van der Waals surface area contributed by atoms with Crippen molar-refractivity contribution in [3.8, 4) is 5.75 Å². The first kappa shape index (κ1) is 17.3. The van der Waals surface area contributed by atoms with Gasteiger partial charge < -0.3 is 9.64 Å². The minimum atomic E-state index is -4.34. The van der Waals surface area contributed by atoms with Gasteiger partial charge in [0.2, 0.25) is 0 Å². The van der Waals surface area contributed by atoms with Gasteiger partial charge in [-0.2, -0.15) is 13.2 Å². The van der Waals surface area contributed by atoms with Gasteiger partial charge in [0.1, 0.15) is 11.6 Å². The van der Waals surface area contributed by atoms with Crippen LogP contribution < -0.4 is 4.74 Å². The topological polar surface area (TPSA) is 24.8 Å². The monoisotopic (exact) mass is 302 g/mol. The van der Waals surface area contributed by atoms with Crippen LogP contribution in [0.1, 0.15) is 25.0 Å². The molecule has 0 amide bonds. The molecule has 0 atom stereocenters. The predicted molar refractivity (Wildman–Crippen MR) is 78.5 cm³/mol. The average molecular weight is 302 g/mol. The molecule has 1 aromatic rings. The third-order valence-corrected chi connectivity index (χ3v) is 3.19. The summed E-state index contributed by atoms with van der Waals surface area (Å²) in [4.78, 5) is 6.49. The maximum atomic E-state index is 12.2. The van der Waals surface area contributed by atoms with Crippen LogP contribution in [0.3, 0.4) is 0 Å². The predicted octanol–water partition coefficient (Wildman–Crippen LogP) is 4.25. The molecule has 0 spiro atoms. The SMILES string of the molecule is CCN(C)C(C)=Nc1cc(C)c(OCC(F)(F)F)cc1C. The highest BCUT2D eigenvalue weighted by Gasteiger charge is 2.28. The third-order valence-electron chi connectivity index (χ3n) is 3.19. The van der Waals surface area contributed by atoms with E-state index in [1.165, 1.54) is 0 Å². The zero-order chi connectivity index (χ0) is 16.2. The summed E-state index contributed by atoms with van der Waals surface area (Å²) in [6, 6.07) is 3.34. The first-order chi connectivity index (χ1) is 9.64. The lowest BCUT2D eigenvalue weighted by atomic mass is 10.1. The summed E-state index contributed by atoms with van der Waals surface area (Å²) >= 11 is 0. The first-order valence-electron chi connectivity index (χ1n) is 6.71. The van der Waals surface area contributed by atoms with Crippen LogP contribution in [-0.2, 0) is 0 Å². The fraction of sp³-hybridized carbons (Fsp3) is 0.533. The molecule has 1 aromatic carbocycles. The Bertz CT molecular complexity index is 524. The number of benzene rings is 1. The van der Waals surface area contributed by atoms with Gasteiger partial charge in [0.15, 0.2) is 6.61 Å². The first-order valence-corrected chi connectivity index (χ1v) is 6.71.